The monoisotopic (exact) mass is 328 g/mol. The minimum Gasteiger partial charge on any atom is -0.493 e. The van der Waals surface area contributed by atoms with Crippen LogP contribution in [0.15, 0.2) is 12.1 Å². The highest BCUT2D eigenvalue weighted by Gasteiger charge is 2.26. The number of nitrogens with zero attached hydrogens (tertiary/aromatic N) is 1. The molecule has 1 aliphatic heterocycles. The summed E-state index contributed by atoms with van der Waals surface area (Å²) < 4.78 is 10.8. The van der Waals surface area contributed by atoms with Crippen molar-refractivity contribution in [2.75, 3.05) is 20.8 Å². The number of rotatable bonds is 5. The van der Waals surface area contributed by atoms with Crippen molar-refractivity contribution in [3.8, 4) is 11.5 Å². The van der Waals surface area contributed by atoms with Gasteiger partial charge in [-0.25, -0.2) is 0 Å². The van der Waals surface area contributed by atoms with Crippen LogP contribution in [0.3, 0.4) is 0 Å². The summed E-state index contributed by atoms with van der Waals surface area (Å²) in [5.41, 5.74) is 8.69. The van der Waals surface area contributed by atoms with E-state index in [1.54, 1.807) is 14.2 Å². The van der Waals surface area contributed by atoms with E-state index in [4.69, 9.17) is 15.2 Å². The van der Waals surface area contributed by atoms with E-state index in [1.165, 1.54) is 30.4 Å². The Hall–Kier alpha value is -0.970. The Kier molecular flexibility index (Phi) is 7.46. The molecule has 0 aliphatic carbocycles. The lowest BCUT2D eigenvalue weighted by atomic mass is 9.95. The topological polar surface area (TPSA) is 47.7 Å². The quantitative estimate of drug-likeness (QED) is 0.902. The number of halogens is 1. The van der Waals surface area contributed by atoms with Crippen molar-refractivity contribution >= 4 is 12.4 Å². The molecule has 0 amide bonds. The summed E-state index contributed by atoms with van der Waals surface area (Å²) >= 11 is 0. The standard InChI is InChI=1S/C17H28N2O2.ClH/c1-12-9-16(20-3)17(21-4)10-14(12)11-19-8-6-5-7-15(19)13(2)18;/h9-10,13,15H,5-8,11,18H2,1-4H3;1H. The summed E-state index contributed by atoms with van der Waals surface area (Å²) in [7, 11) is 3.36. The molecule has 1 fully saturated rings. The fraction of sp³-hybridized carbons (Fsp3) is 0.647. The largest absolute Gasteiger partial charge is 0.493 e. The van der Waals surface area contributed by atoms with E-state index < -0.39 is 0 Å². The van der Waals surface area contributed by atoms with Gasteiger partial charge in [0.1, 0.15) is 0 Å². The third kappa shape index (κ3) is 4.28. The average Bonchev–Trinajstić information content (AvgIpc) is 2.49. The fourth-order valence-corrected chi connectivity index (χ4v) is 3.22. The van der Waals surface area contributed by atoms with Crippen molar-refractivity contribution in [1.82, 2.24) is 4.90 Å². The van der Waals surface area contributed by atoms with Crippen molar-refractivity contribution in [3.05, 3.63) is 23.3 Å². The van der Waals surface area contributed by atoms with Crippen LogP contribution in [0.2, 0.25) is 0 Å². The van der Waals surface area contributed by atoms with Gasteiger partial charge in [-0.3, -0.25) is 4.90 Å². The first-order valence-corrected chi connectivity index (χ1v) is 7.78. The lowest BCUT2D eigenvalue weighted by Crippen LogP contribution is -2.48. The maximum atomic E-state index is 6.16. The molecule has 4 nitrogen and oxygen atoms in total. The Labute approximate surface area is 140 Å². The minimum atomic E-state index is 0. The van der Waals surface area contributed by atoms with E-state index in [2.05, 4.69) is 30.9 Å². The number of benzene rings is 1. The first-order chi connectivity index (χ1) is 10.1. The molecule has 5 heteroatoms. The second-order valence-electron chi connectivity index (χ2n) is 6.03. The molecule has 1 aromatic rings. The molecular weight excluding hydrogens is 300 g/mol. The van der Waals surface area contributed by atoms with Crippen LogP contribution in [0.5, 0.6) is 11.5 Å². The van der Waals surface area contributed by atoms with Gasteiger partial charge >= 0.3 is 0 Å². The van der Waals surface area contributed by atoms with Crippen molar-refractivity contribution in [3.63, 3.8) is 0 Å². The van der Waals surface area contributed by atoms with E-state index >= 15 is 0 Å². The molecule has 2 N–H and O–H groups in total. The number of hydrogen-bond donors (Lipinski definition) is 1. The highest BCUT2D eigenvalue weighted by Crippen LogP contribution is 2.32. The van der Waals surface area contributed by atoms with Gasteiger partial charge in [0.25, 0.3) is 0 Å². The maximum absolute atomic E-state index is 6.16. The van der Waals surface area contributed by atoms with E-state index in [0.29, 0.717) is 6.04 Å². The molecule has 2 rings (SSSR count). The minimum absolute atomic E-state index is 0. The van der Waals surface area contributed by atoms with E-state index in [9.17, 15) is 0 Å². The molecule has 0 spiro atoms. The smallest absolute Gasteiger partial charge is 0.161 e. The Morgan fingerprint density at radius 2 is 1.86 bits per heavy atom. The van der Waals surface area contributed by atoms with Crippen LogP contribution in [0.1, 0.15) is 37.3 Å². The molecule has 0 saturated carbocycles. The van der Waals surface area contributed by atoms with Crippen LogP contribution in [-0.4, -0.2) is 37.7 Å². The lowest BCUT2D eigenvalue weighted by molar-refractivity contribution is 0.122. The molecule has 2 unspecified atom stereocenters. The van der Waals surface area contributed by atoms with Gasteiger partial charge in [0.05, 0.1) is 14.2 Å². The summed E-state index contributed by atoms with van der Waals surface area (Å²) in [4.78, 5) is 2.52. The molecule has 0 bridgehead atoms. The van der Waals surface area contributed by atoms with Crippen molar-refractivity contribution in [1.29, 1.82) is 0 Å². The number of nitrogens with two attached hydrogens (primary N) is 1. The average molecular weight is 329 g/mol. The second-order valence-corrected chi connectivity index (χ2v) is 6.03. The van der Waals surface area contributed by atoms with Crippen LogP contribution >= 0.6 is 12.4 Å². The first kappa shape index (κ1) is 19.1. The molecular formula is C17H29ClN2O2. The second kappa shape index (κ2) is 8.61. The Morgan fingerprint density at radius 1 is 1.23 bits per heavy atom. The third-order valence-electron chi connectivity index (χ3n) is 4.49. The summed E-state index contributed by atoms with van der Waals surface area (Å²) in [6.07, 6.45) is 3.74. The zero-order chi connectivity index (χ0) is 15.4. The highest BCUT2D eigenvalue weighted by molar-refractivity contribution is 5.85. The molecule has 2 atom stereocenters. The Balaban J connectivity index is 0.00000242. The fourth-order valence-electron chi connectivity index (χ4n) is 3.22. The molecule has 1 heterocycles. The number of hydrogen-bond acceptors (Lipinski definition) is 4. The van der Waals surface area contributed by atoms with Gasteiger partial charge in [-0.2, -0.15) is 0 Å². The van der Waals surface area contributed by atoms with Gasteiger partial charge in [0.2, 0.25) is 0 Å². The number of methoxy groups -OCH3 is 2. The number of piperidine rings is 1. The predicted octanol–water partition coefficient (Wildman–Crippen LogP) is 3.14. The molecule has 1 aliphatic rings. The van der Waals surface area contributed by atoms with Crippen LogP contribution in [-0.2, 0) is 6.54 Å². The molecule has 1 aromatic carbocycles. The van der Waals surface area contributed by atoms with Gasteiger partial charge in [-0.1, -0.05) is 6.42 Å². The number of likely N-dealkylation sites (tertiary alicyclic amines) is 1. The van der Waals surface area contributed by atoms with Gasteiger partial charge < -0.3 is 15.2 Å². The number of aryl methyl sites for hydroxylation is 1. The third-order valence-corrected chi connectivity index (χ3v) is 4.49. The normalized spacial score (nSPS) is 20.1. The van der Waals surface area contributed by atoms with Gasteiger partial charge in [0.15, 0.2) is 11.5 Å². The lowest BCUT2D eigenvalue weighted by Gasteiger charge is -2.38. The van der Waals surface area contributed by atoms with Crippen LogP contribution < -0.4 is 15.2 Å². The summed E-state index contributed by atoms with van der Waals surface area (Å²) in [5.74, 6) is 1.59. The Morgan fingerprint density at radius 3 is 2.45 bits per heavy atom. The van der Waals surface area contributed by atoms with Crippen molar-refractivity contribution in [2.24, 2.45) is 5.73 Å². The number of ether oxygens (including phenoxy) is 2. The maximum Gasteiger partial charge on any atom is 0.161 e. The highest BCUT2D eigenvalue weighted by atomic mass is 35.5. The molecule has 1 saturated heterocycles. The summed E-state index contributed by atoms with van der Waals surface area (Å²) in [5, 5.41) is 0. The van der Waals surface area contributed by atoms with Crippen molar-refractivity contribution < 1.29 is 9.47 Å². The molecule has 0 aromatic heterocycles. The van der Waals surface area contributed by atoms with E-state index in [0.717, 1.165) is 24.6 Å². The van der Waals surface area contributed by atoms with Crippen LogP contribution in [0.25, 0.3) is 0 Å². The van der Waals surface area contributed by atoms with Gasteiger partial charge in [0, 0.05) is 18.6 Å². The molecule has 126 valence electrons. The molecule has 22 heavy (non-hydrogen) atoms. The van der Waals surface area contributed by atoms with Gasteiger partial charge in [-0.15, -0.1) is 12.4 Å². The zero-order valence-electron chi connectivity index (χ0n) is 14.1. The van der Waals surface area contributed by atoms with Crippen molar-refractivity contribution in [2.45, 2.75) is 51.7 Å². The predicted molar refractivity (Wildman–Crippen MR) is 93.2 cm³/mol. The SMILES string of the molecule is COc1cc(C)c(CN2CCCCC2C(C)N)cc1OC.Cl. The summed E-state index contributed by atoms with van der Waals surface area (Å²) in [6.45, 7) is 6.30. The molecule has 0 radical (unpaired) electrons. The first-order valence-electron chi connectivity index (χ1n) is 7.78. The van der Waals surface area contributed by atoms with Crippen LogP contribution in [0, 0.1) is 6.92 Å². The Bertz CT molecular complexity index is 480. The summed E-state index contributed by atoms with van der Waals surface area (Å²) in [6, 6.07) is 4.84. The van der Waals surface area contributed by atoms with E-state index in [1.807, 2.05) is 0 Å². The zero-order valence-corrected chi connectivity index (χ0v) is 14.9. The van der Waals surface area contributed by atoms with Crippen LogP contribution in [0.4, 0.5) is 0 Å². The van der Waals surface area contributed by atoms with E-state index in [-0.39, 0.29) is 18.4 Å². The van der Waals surface area contributed by atoms with Gasteiger partial charge in [-0.05, 0) is 56.5 Å².